The summed E-state index contributed by atoms with van der Waals surface area (Å²) < 4.78 is 7.69. The van der Waals surface area contributed by atoms with Gasteiger partial charge < -0.3 is 10.1 Å². The Kier molecular flexibility index (Phi) is 5.50. The highest BCUT2D eigenvalue weighted by Crippen LogP contribution is 2.25. The van der Waals surface area contributed by atoms with Crippen molar-refractivity contribution in [1.82, 2.24) is 20.2 Å². The summed E-state index contributed by atoms with van der Waals surface area (Å²) in [5, 5.41) is 15.4. The summed E-state index contributed by atoms with van der Waals surface area (Å²) in [6, 6.07) is 13.9. The zero-order valence-corrected chi connectivity index (χ0v) is 15.0. The minimum Gasteiger partial charge on any atom is -0.489 e. The van der Waals surface area contributed by atoms with E-state index in [4.69, 9.17) is 16.3 Å². The second-order valence-corrected chi connectivity index (χ2v) is 6.14. The topological polar surface area (TPSA) is 64.9 Å². The van der Waals surface area contributed by atoms with Gasteiger partial charge in [0.15, 0.2) is 0 Å². The Hall–Kier alpha value is -2.60. The first-order valence-corrected chi connectivity index (χ1v) is 8.50. The molecule has 7 heteroatoms. The van der Waals surface area contributed by atoms with Crippen molar-refractivity contribution in [3.8, 4) is 5.75 Å². The molecule has 0 spiro atoms. The van der Waals surface area contributed by atoms with Crippen molar-refractivity contribution in [2.45, 2.75) is 33.5 Å². The lowest BCUT2D eigenvalue weighted by atomic mass is 10.1. The molecule has 0 unspecified atom stereocenters. The summed E-state index contributed by atoms with van der Waals surface area (Å²) in [5.41, 5.74) is 3.29. The van der Waals surface area contributed by atoms with Gasteiger partial charge in [-0.3, -0.25) is 0 Å². The first-order chi connectivity index (χ1) is 12.2. The Balaban J connectivity index is 1.71. The van der Waals surface area contributed by atoms with Crippen molar-refractivity contribution in [1.29, 1.82) is 0 Å². The van der Waals surface area contributed by atoms with Crippen LogP contribution in [0.4, 0.5) is 5.95 Å². The largest absolute Gasteiger partial charge is 0.489 e. The highest BCUT2D eigenvalue weighted by molar-refractivity contribution is 6.30. The fraction of sp³-hybridized carbons (Fsp3) is 0.278. The van der Waals surface area contributed by atoms with Crippen LogP contribution in [0.25, 0.3) is 0 Å². The smallest absolute Gasteiger partial charge is 0.243 e. The lowest BCUT2D eigenvalue weighted by Gasteiger charge is -2.13. The van der Waals surface area contributed by atoms with E-state index in [0.717, 1.165) is 16.9 Å². The number of aromatic nitrogens is 4. The Morgan fingerprint density at radius 2 is 2.08 bits per heavy atom. The third kappa shape index (κ3) is 4.48. The minimum absolute atomic E-state index is 0.503. The normalized spacial score (nSPS) is 10.7. The van der Waals surface area contributed by atoms with Gasteiger partial charge in [-0.25, -0.2) is 4.68 Å². The zero-order valence-electron chi connectivity index (χ0n) is 14.2. The molecule has 0 fully saturated rings. The van der Waals surface area contributed by atoms with Gasteiger partial charge in [-0.1, -0.05) is 46.5 Å². The number of halogens is 1. The molecule has 2 aromatic carbocycles. The average molecular weight is 358 g/mol. The van der Waals surface area contributed by atoms with Crippen LogP contribution < -0.4 is 10.1 Å². The van der Waals surface area contributed by atoms with E-state index in [2.05, 4.69) is 46.0 Å². The van der Waals surface area contributed by atoms with Crippen LogP contribution in [0.3, 0.4) is 0 Å². The summed E-state index contributed by atoms with van der Waals surface area (Å²) in [6.07, 6.45) is 0. The molecule has 6 nitrogen and oxygen atoms in total. The number of hydrogen-bond donors (Lipinski definition) is 1. The van der Waals surface area contributed by atoms with Crippen LogP contribution in [-0.2, 0) is 19.7 Å². The molecule has 130 valence electrons. The van der Waals surface area contributed by atoms with Crippen LogP contribution in [-0.4, -0.2) is 20.2 Å². The molecule has 0 atom stereocenters. The molecule has 25 heavy (non-hydrogen) atoms. The Bertz CT molecular complexity index is 849. The molecule has 0 radical (unpaired) electrons. The van der Waals surface area contributed by atoms with Gasteiger partial charge in [-0.15, -0.1) is 0 Å². The number of rotatable bonds is 7. The average Bonchev–Trinajstić information content (AvgIpc) is 3.06. The maximum Gasteiger partial charge on any atom is 0.243 e. The summed E-state index contributed by atoms with van der Waals surface area (Å²) in [4.78, 5) is 0. The van der Waals surface area contributed by atoms with Crippen molar-refractivity contribution < 1.29 is 4.74 Å². The molecule has 3 rings (SSSR count). The number of nitrogens with one attached hydrogen (secondary N) is 1. The SMILES string of the molecule is CCn1nnnc1NCc1cc(Cl)ccc1OCc1cccc(C)c1. The molecule has 0 saturated heterocycles. The van der Waals surface area contributed by atoms with Gasteiger partial charge in [0.2, 0.25) is 5.95 Å². The van der Waals surface area contributed by atoms with Crippen LogP contribution in [0.2, 0.25) is 5.02 Å². The molecule has 1 aromatic heterocycles. The van der Waals surface area contributed by atoms with Gasteiger partial charge in [0.05, 0.1) is 0 Å². The molecular weight excluding hydrogens is 338 g/mol. The Morgan fingerprint density at radius 1 is 1.20 bits per heavy atom. The highest BCUT2D eigenvalue weighted by Gasteiger charge is 2.09. The fourth-order valence-corrected chi connectivity index (χ4v) is 2.70. The standard InChI is InChI=1S/C18H20ClN5O/c1-3-24-18(21-22-23-24)20-11-15-10-16(19)7-8-17(15)25-12-14-6-4-5-13(2)9-14/h4-10H,3,11-12H2,1-2H3,(H,20,21,23). The van der Waals surface area contributed by atoms with Crippen LogP contribution in [0, 0.1) is 6.92 Å². The second-order valence-electron chi connectivity index (χ2n) is 5.70. The van der Waals surface area contributed by atoms with Gasteiger partial charge in [0, 0.05) is 23.7 Å². The fourth-order valence-electron chi connectivity index (χ4n) is 2.51. The molecule has 1 N–H and O–H groups in total. The van der Waals surface area contributed by atoms with E-state index in [9.17, 15) is 0 Å². The lowest BCUT2D eigenvalue weighted by Crippen LogP contribution is -2.09. The molecular formula is C18H20ClN5O. The number of benzene rings is 2. The number of nitrogens with zero attached hydrogens (tertiary/aromatic N) is 4. The van der Waals surface area contributed by atoms with Gasteiger partial charge in [0.25, 0.3) is 0 Å². The van der Waals surface area contributed by atoms with E-state index < -0.39 is 0 Å². The summed E-state index contributed by atoms with van der Waals surface area (Å²) >= 11 is 6.15. The Labute approximate surface area is 151 Å². The van der Waals surface area contributed by atoms with Crippen LogP contribution in [0.5, 0.6) is 5.75 Å². The summed E-state index contributed by atoms with van der Waals surface area (Å²) in [5.74, 6) is 1.40. The van der Waals surface area contributed by atoms with Crippen LogP contribution in [0.15, 0.2) is 42.5 Å². The quantitative estimate of drug-likeness (QED) is 0.695. The predicted octanol–water partition coefficient (Wildman–Crippen LogP) is 3.85. The third-order valence-electron chi connectivity index (χ3n) is 3.77. The van der Waals surface area contributed by atoms with E-state index in [1.165, 1.54) is 5.56 Å². The number of anilines is 1. The Morgan fingerprint density at radius 3 is 2.88 bits per heavy atom. The minimum atomic E-state index is 0.503. The van der Waals surface area contributed by atoms with Gasteiger partial charge in [-0.05, 0) is 48.0 Å². The number of hydrogen-bond acceptors (Lipinski definition) is 5. The van der Waals surface area contributed by atoms with E-state index in [0.29, 0.717) is 30.7 Å². The van der Waals surface area contributed by atoms with Crippen molar-refractivity contribution >= 4 is 17.5 Å². The van der Waals surface area contributed by atoms with Crippen molar-refractivity contribution in [2.24, 2.45) is 0 Å². The van der Waals surface area contributed by atoms with Crippen LogP contribution >= 0.6 is 11.6 Å². The van der Waals surface area contributed by atoms with Gasteiger partial charge in [-0.2, -0.15) is 0 Å². The lowest BCUT2D eigenvalue weighted by molar-refractivity contribution is 0.303. The molecule has 0 aliphatic carbocycles. The zero-order chi connectivity index (χ0) is 17.6. The number of ether oxygens (including phenoxy) is 1. The van der Waals surface area contributed by atoms with Crippen molar-refractivity contribution in [2.75, 3.05) is 5.32 Å². The first-order valence-electron chi connectivity index (χ1n) is 8.12. The maximum atomic E-state index is 6.15. The maximum absolute atomic E-state index is 6.15. The summed E-state index contributed by atoms with van der Waals surface area (Å²) in [7, 11) is 0. The monoisotopic (exact) mass is 357 g/mol. The molecule has 0 saturated carbocycles. The molecule has 0 aliphatic heterocycles. The van der Waals surface area contributed by atoms with Gasteiger partial charge >= 0.3 is 0 Å². The number of aryl methyl sites for hydroxylation is 2. The van der Waals surface area contributed by atoms with Gasteiger partial charge in [0.1, 0.15) is 12.4 Å². The molecule has 1 heterocycles. The molecule has 3 aromatic rings. The highest BCUT2D eigenvalue weighted by atomic mass is 35.5. The van der Waals surface area contributed by atoms with E-state index in [1.54, 1.807) is 4.68 Å². The van der Waals surface area contributed by atoms with E-state index in [1.807, 2.05) is 31.2 Å². The summed E-state index contributed by atoms with van der Waals surface area (Å²) in [6.45, 7) is 5.77. The van der Waals surface area contributed by atoms with E-state index in [-0.39, 0.29) is 0 Å². The first kappa shape index (κ1) is 17.2. The molecule has 0 aliphatic rings. The number of tetrazole rings is 1. The van der Waals surface area contributed by atoms with Crippen molar-refractivity contribution in [3.63, 3.8) is 0 Å². The molecule has 0 bridgehead atoms. The van der Waals surface area contributed by atoms with Crippen molar-refractivity contribution in [3.05, 3.63) is 64.2 Å². The van der Waals surface area contributed by atoms with Crippen LogP contribution in [0.1, 0.15) is 23.6 Å². The second kappa shape index (κ2) is 7.98. The van der Waals surface area contributed by atoms with E-state index >= 15 is 0 Å². The predicted molar refractivity (Wildman–Crippen MR) is 97.8 cm³/mol. The third-order valence-corrected chi connectivity index (χ3v) is 4.00. The molecule has 0 amide bonds.